The molecule has 0 unspecified atom stereocenters. The third-order valence-electron chi connectivity index (χ3n) is 20.2. The summed E-state index contributed by atoms with van der Waals surface area (Å²) in [5.41, 5.74) is 0.949. The lowest BCUT2D eigenvalue weighted by Crippen LogP contribution is -2.65. The fourth-order valence-electron chi connectivity index (χ4n) is 15.7. The van der Waals surface area contributed by atoms with Gasteiger partial charge in [-0.25, -0.2) is 0 Å². The minimum absolute atomic E-state index is 0.0830. The number of carbonyl (C=O) groups excluding carboxylic acids is 1. The summed E-state index contributed by atoms with van der Waals surface area (Å²) in [6, 6.07) is 0. The quantitative estimate of drug-likeness (QED) is 0.0620. The molecule has 9 rings (SSSR count). The number of rotatable bonds is 17. The molecule has 25 heteroatoms. The van der Waals surface area contributed by atoms with Crippen molar-refractivity contribution in [2.24, 2.45) is 34.5 Å². The Balaban J connectivity index is 0.831. The van der Waals surface area contributed by atoms with E-state index in [0.717, 1.165) is 38.5 Å². The molecule has 0 aromatic heterocycles. The van der Waals surface area contributed by atoms with E-state index in [2.05, 4.69) is 19.9 Å². The van der Waals surface area contributed by atoms with E-state index in [1.54, 1.807) is 21.0 Å². The number of carbonyl (C=O) groups is 1. The highest BCUT2D eigenvalue weighted by Crippen LogP contribution is 2.67. The van der Waals surface area contributed by atoms with Crippen molar-refractivity contribution in [3.63, 3.8) is 0 Å². The largest absolute Gasteiger partial charge is 0.454 e. The summed E-state index contributed by atoms with van der Waals surface area (Å²) in [4.78, 5) is 12.1. The number of fused-ring (bicyclic) bond motifs is 5. The van der Waals surface area contributed by atoms with E-state index >= 15 is 0 Å². The highest BCUT2D eigenvalue weighted by molar-refractivity contribution is 5.66. The maximum absolute atomic E-state index is 12.2. The predicted molar refractivity (Wildman–Crippen MR) is 276 cm³/mol. The lowest BCUT2D eigenvalue weighted by atomic mass is 9.47. The molecule has 4 aliphatic carbocycles. The molecule has 0 spiro atoms. The van der Waals surface area contributed by atoms with E-state index in [1.165, 1.54) is 26.7 Å². The molecule has 0 amide bonds. The van der Waals surface area contributed by atoms with Crippen LogP contribution >= 0.6 is 0 Å². The van der Waals surface area contributed by atoms with E-state index in [9.17, 15) is 55.9 Å². The molecule has 8 fully saturated rings. The van der Waals surface area contributed by atoms with Gasteiger partial charge in [0.05, 0.1) is 55.9 Å². The van der Waals surface area contributed by atoms with Crippen molar-refractivity contribution in [3.8, 4) is 0 Å². The lowest BCUT2D eigenvalue weighted by molar-refractivity contribution is -0.376. The van der Waals surface area contributed by atoms with Crippen LogP contribution in [0.3, 0.4) is 0 Å². The van der Waals surface area contributed by atoms with Gasteiger partial charge in [0.25, 0.3) is 0 Å². The molecule has 0 aromatic rings. The van der Waals surface area contributed by atoms with Gasteiger partial charge in [-0.3, -0.25) is 4.79 Å². The van der Waals surface area contributed by atoms with E-state index in [4.69, 9.17) is 66.3 Å². The minimum atomic E-state index is -1.85. The number of allylic oxidation sites excluding steroid dienone is 1. The van der Waals surface area contributed by atoms with Crippen LogP contribution in [0.1, 0.15) is 99.8 Å². The maximum Gasteiger partial charge on any atom is 0.303 e. The van der Waals surface area contributed by atoms with Crippen LogP contribution in [0.15, 0.2) is 11.6 Å². The van der Waals surface area contributed by atoms with Gasteiger partial charge in [0, 0.05) is 40.6 Å². The van der Waals surface area contributed by atoms with Gasteiger partial charge >= 0.3 is 5.97 Å². The first-order chi connectivity index (χ1) is 38.4. The van der Waals surface area contributed by atoms with Gasteiger partial charge in [-0.1, -0.05) is 25.5 Å². The summed E-state index contributed by atoms with van der Waals surface area (Å²) >= 11 is 0. The maximum atomic E-state index is 12.2. The number of aliphatic hydroxyl groups is 10. The molecule has 81 heavy (non-hydrogen) atoms. The smallest absolute Gasteiger partial charge is 0.303 e. The highest BCUT2D eigenvalue weighted by atomic mass is 16.8. The molecule has 3 saturated carbocycles. The molecule has 9 aliphatic rings. The Bertz CT molecular complexity index is 2110. The molecule has 33 atom stereocenters. The second-order valence-electron chi connectivity index (χ2n) is 24.9. The Morgan fingerprint density at radius 3 is 1.90 bits per heavy atom. The van der Waals surface area contributed by atoms with E-state index in [1.807, 2.05) is 13.8 Å². The van der Waals surface area contributed by atoms with Crippen molar-refractivity contribution in [2.75, 3.05) is 34.5 Å². The first kappa shape index (κ1) is 63.8. The summed E-state index contributed by atoms with van der Waals surface area (Å²) < 4.78 is 85.0. The average Bonchev–Trinajstić information content (AvgIpc) is 3.83. The van der Waals surface area contributed by atoms with Crippen molar-refractivity contribution in [3.05, 3.63) is 11.6 Å². The highest BCUT2D eigenvalue weighted by Gasteiger charge is 2.63. The van der Waals surface area contributed by atoms with Crippen molar-refractivity contribution in [1.82, 2.24) is 0 Å². The number of esters is 1. The second kappa shape index (κ2) is 25.9. The van der Waals surface area contributed by atoms with Crippen LogP contribution in [0, 0.1) is 34.5 Å². The van der Waals surface area contributed by atoms with Gasteiger partial charge in [-0.2, -0.15) is 0 Å². The third-order valence-corrected chi connectivity index (χ3v) is 20.2. The Labute approximate surface area is 473 Å². The Kier molecular flexibility index (Phi) is 20.4. The lowest BCUT2D eigenvalue weighted by Gasteiger charge is -2.58. The molecule has 0 radical (unpaired) electrons. The Morgan fingerprint density at radius 1 is 0.642 bits per heavy atom. The zero-order chi connectivity index (χ0) is 58.7. The molecule has 10 N–H and O–H groups in total. The fraction of sp³-hybridized carbons (Fsp3) is 0.946. The van der Waals surface area contributed by atoms with Gasteiger partial charge in [0.2, 0.25) is 0 Å². The summed E-state index contributed by atoms with van der Waals surface area (Å²) in [5.74, 6) is -0.0959. The number of ether oxygens (including phenoxy) is 14. The normalized spacial score (nSPS) is 52.5. The van der Waals surface area contributed by atoms with E-state index in [-0.39, 0.29) is 28.8 Å². The molecule has 5 aliphatic heterocycles. The van der Waals surface area contributed by atoms with Gasteiger partial charge < -0.3 is 117 Å². The minimum Gasteiger partial charge on any atom is -0.454 e. The van der Waals surface area contributed by atoms with Crippen molar-refractivity contribution < 1.29 is 122 Å². The summed E-state index contributed by atoms with van der Waals surface area (Å²) in [5, 5.41) is 108. The Morgan fingerprint density at radius 2 is 1.26 bits per heavy atom. The summed E-state index contributed by atoms with van der Waals surface area (Å²) in [7, 11) is 4.40. The zero-order valence-corrected chi connectivity index (χ0v) is 48.1. The average molecular weight is 1170 g/mol. The van der Waals surface area contributed by atoms with E-state index < -0.39 is 179 Å². The number of hydrogen-bond donors (Lipinski definition) is 10. The van der Waals surface area contributed by atoms with Crippen molar-refractivity contribution in [1.29, 1.82) is 0 Å². The fourth-order valence-corrected chi connectivity index (χ4v) is 15.7. The second-order valence-corrected chi connectivity index (χ2v) is 24.9. The molecular weight excluding hydrogens is 1070 g/mol. The molecule has 0 aromatic carbocycles. The first-order valence-electron chi connectivity index (χ1n) is 29.1. The van der Waals surface area contributed by atoms with Crippen LogP contribution in [-0.2, 0) is 71.1 Å². The van der Waals surface area contributed by atoms with Crippen molar-refractivity contribution >= 4 is 5.97 Å². The molecular formula is C56H92O25. The summed E-state index contributed by atoms with van der Waals surface area (Å²) in [6.07, 6.45) is -22.1. The Hall–Kier alpha value is -1.71. The van der Waals surface area contributed by atoms with Gasteiger partial charge in [0.15, 0.2) is 37.6 Å². The van der Waals surface area contributed by atoms with Gasteiger partial charge in [-0.15, -0.1) is 0 Å². The molecule has 5 heterocycles. The third kappa shape index (κ3) is 12.3. The number of aliphatic hydroxyl groups excluding tert-OH is 10. The predicted octanol–water partition coefficient (Wildman–Crippen LogP) is -0.956. The number of methoxy groups -OCH3 is 3. The van der Waals surface area contributed by atoms with Gasteiger partial charge in [0.1, 0.15) is 85.5 Å². The number of hydrogen-bond acceptors (Lipinski definition) is 25. The molecule has 0 bridgehead atoms. The van der Waals surface area contributed by atoms with Crippen LogP contribution in [0.25, 0.3) is 0 Å². The zero-order valence-electron chi connectivity index (χ0n) is 48.1. The van der Waals surface area contributed by atoms with Crippen LogP contribution in [0.2, 0.25) is 0 Å². The van der Waals surface area contributed by atoms with Gasteiger partial charge in [-0.05, 0) is 101 Å². The van der Waals surface area contributed by atoms with Crippen LogP contribution in [0.5, 0.6) is 0 Å². The monoisotopic (exact) mass is 1160 g/mol. The van der Waals surface area contributed by atoms with Crippen molar-refractivity contribution in [2.45, 2.75) is 266 Å². The standard InChI is InChI=1S/C56H92O25/c1-22(73-53-50(48(70-10)39(61)23(2)74-53)81-52-45(67)43(65)41(63)35(79-52)21-71-51-44(66)42(64)40(62)34(20-57)78-51)37-32(59)18-31-29-12-11-27-17-28(13-15-55(27,6)30(29)14-16-56(31,37)7)77-36-19-33(68-8)46(25(4)72-36)80-54-49(76-26(5)58)47(69-9)38(60)24(3)75-54/h11,22-25,28-54,57,59-67H,12-21H2,1-10H3/t22-,23-,24-,25-,28+,29-,30+,31+,32+,33+,34-,35-,36+,37+,38+,39+,40-,41-,42+,43+,44-,45-,46-,47+,48+,49-,50-,51-,52+,53-,54+,55+,56+/m1/s1. The summed E-state index contributed by atoms with van der Waals surface area (Å²) in [6.45, 7) is 11.7. The molecule has 5 saturated heterocycles. The van der Waals surface area contributed by atoms with E-state index in [0.29, 0.717) is 24.7 Å². The topological polar surface area (TPSA) is 349 Å². The van der Waals surface area contributed by atoms with Crippen LogP contribution < -0.4 is 0 Å². The van der Waals surface area contributed by atoms with Crippen LogP contribution in [-0.4, -0.2) is 257 Å². The van der Waals surface area contributed by atoms with Crippen LogP contribution in [0.4, 0.5) is 0 Å². The first-order valence-corrected chi connectivity index (χ1v) is 29.1. The molecule has 466 valence electrons. The SMILES string of the molecule is CO[C@H]1[C@@H](O)[C@@H](C)O[C@@H](O[C@H]2[C@@H](OC)C[C@H](O[C@H]3CC[C@@]4(C)C(=CC[C@H]5[C@@H]6C[C@H](O)[C@H]([C@@H](C)O[C@@H]7O[C@H](C)[C@H](O)[C@H](OC)[C@H]7O[C@@H]7O[C@H](CO[C@@H]8O[C@H](CO)[C@@H](O)[C@H](O)[C@H]8O)[C@@H](O)[C@H](O)[C@H]7O)[C@@]6(C)CC[C@@H]54)C3)O[C@@H]2C)[C@@H]1OC(C)=O. The molecule has 25 nitrogen and oxygen atoms in total.